The van der Waals surface area contributed by atoms with E-state index in [1.165, 1.54) is 0 Å². The zero-order valence-corrected chi connectivity index (χ0v) is 10.3. The van der Waals surface area contributed by atoms with Crippen LogP contribution in [0.5, 0.6) is 5.88 Å². The van der Waals surface area contributed by atoms with E-state index in [2.05, 4.69) is 4.98 Å². The quantitative estimate of drug-likeness (QED) is 0.867. The van der Waals surface area contributed by atoms with Crippen molar-refractivity contribution in [3.8, 4) is 5.88 Å². The molecule has 1 aliphatic carbocycles. The van der Waals surface area contributed by atoms with Crippen LogP contribution in [-0.2, 0) is 11.3 Å². The molecule has 2 N–H and O–H groups in total. The minimum absolute atomic E-state index is 0.336. The molecule has 17 heavy (non-hydrogen) atoms. The average Bonchev–Trinajstić information content (AvgIpc) is 2.38. The van der Waals surface area contributed by atoms with Crippen molar-refractivity contribution in [1.29, 1.82) is 0 Å². The van der Waals surface area contributed by atoms with Crippen molar-refractivity contribution in [3.05, 3.63) is 23.9 Å². The van der Waals surface area contributed by atoms with Gasteiger partial charge in [0, 0.05) is 12.1 Å². The van der Waals surface area contributed by atoms with Gasteiger partial charge in [0.1, 0.15) is 0 Å². The molecule has 1 aromatic rings. The molecule has 4 heteroatoms. The topological polar surface area (TPSA) is 57.4 Å². The molecule has 0 spiro atoms. The van der Waals surface area contributed by atoms with Gasteiger partial charge in [-0.1, -0.05) is 6.07 Å². The number of methoxy groups -OCH3 is 1. The molecule has 0 aromatic carbocycles. The summed E-state index contributed by atoms with van der Waals surface area (Å²) in [6.07, 6.45) is 4.59. The molecule has 4 nitrogen and oxygen atoms in total. The molecule has 0 amide bonds. The molecule has 1 aliphatic rings. The first-order valence-corrected chi connectivity index (χ1v) is 6.15. The molecule has 94 valence electrons. The van der Waals surface area contributed by atoms with Crippen LogP contribution in [0.1, 0.15) is 31.4 Å². The van der Waals surface area contributed by atoms with Gasteiger partial charge in [-0.3, -0.25) is 0 Å². The third-order valence-corrected chi connectivity index (χ3v) is 3.18. The maximum absolute atomic E-state index is 5.86. The predicted octanol–water partition coefficient (Wildman–Crippen LogP) is 1.88. The standard InChI is InChI=1S/C13H20N2O2/c1-16-13-4-2-3-11(15-13)9-17-12-7-5-10(14)6-8-12/h2-4,10,12H,5-9,14H2,1H3. The van der Waals surface area contributed by atoms with Crippen LogP contribution in [0.2, 0.25) is 0 Å². The van der Waals surface area contributed by atoms with Gasteiger partial charge in [0.2, 0.25) is 5.88 Å². The number of ether oxygens (including phenoxy) is 2. The van der Waals surface area contributed by atoms with Crippen LogP contribution in [0.3, 0.4) is 0 Å². The Morgan fingerprint density at radius 3 is 2.76 bits per heavy atom. The molecule has 0 unspecified atom stereocenters. The summed E-state index contributed by atoms with van der Waals surface area (Å²) in [6.45, 7) is 0.553. The first-order chi connectivity index (χ1) is 8.28. The largest absolute Gasteiger partial charge is 0.481 e. The smallest absolute Gasteiger partial charge is 0.213 e. The van der Waals surface area contributed by atoms with Crippen LogP contribution in [-0.4, -0.2) is 24.2 Å². The molecule has 1 aromatic heterocycles. The second-order valence-electron chi connectivity index (χ2n) is 4.52. The van der Waals surface area contributed by atoms with Crippen LogP contribution in [0.4, 0.5) is 0 Å². The highest BCUT2D eigenvalue weighted by atomic mass is 16.5. The first kappa shape index (κ1) is 12.3. The molecule has 0 atom stereocenters. The van der Waals surface area contributed by atoms with Crippen LogP contribution < -0.4 is 10.5 Å². The summed E-state index contributed by atoms with van der Waals surface area (Å²) < 4.78 is 10.9. The van der Waals surface area contributed by atoms with E-state index in [1.54, 1.807) is 7.11 Å². The molecular formula is C13H20N2O2. The highest BCUT2D eigenvalue weighted by molar-refractivity contribution is 5.15. The lowest BCUT2D eigenvalue weighted by atomic mass is 9.94. The molecule has 1 heterocycles. The SMILES string of the molecule is COc1cccc(COC2CCC(N)CC2)n1. The van der Waals surface area contributed by atoms with E-state index < -0.39 is 0 Å². The van der Waals surface area contributed by atoms with Crippen LogP contribution in [0.15, 0.2) is 18.2 Å². The van der Waals surface area contributed by atoms with Gasteiger partial charge in [0.05, 0.1) is 25.5 Å². The highest BCUT2D eigenvalue weighted by Crippen LogP contribution is 2.21. The van der Waals surface area contributed by atoms with Gasteiger partial charge in [-0.05, 0) is 31.7 Å². The lowest BCUT2D eigenvalue weighted by Crippen LogP contribution is -2.30. The van der Waals surface area contributed by atoms with E-state index in [1.807, 2.05) is 18.2 Å². The number of rotatable bonds is 4. The number of aromatic nitrogens is 1. The van der Waals surface area contributed by atoms with Gasteiger partial charge in [0.15, 0.2) is 0 Å². The molecule has 0 radical (unpaired) electrons. The fraction of sp³-hybridized carbons (Fsp3) is 0.615. The van der Waals surface area contributed by atoms with Crippen molar-refractivity contribution in [3.63, 3.8) is 0 Å². The van der Waals surface area contributed by atoms with Crippen molar-refractivity contribution >= 4 is 0 Å². The van der Waals surface area contributed by atoms with E-state index >= 15 is 0 Å². The van der Waals surface area contributed by atoms with Crippen LogP contribution >= 0.6 is 0 Å². The van der Waals surface area contributed by atoms with E-state index in [9.17, 15) is 0 Å². The van der Waals surface area contributed by atoms with Crippen molar-refractivity contribution in [2.75, 3.05) is 7.11 Å². The lowest BCUT2D eigenvalue weighted by molar-refractivity contribution is 0.0121. The van der Waals surface area contributed by atoms with Crippen molar-refractivity contribution in [2.45, 2.75) is 44.4 Å². The Morgan fingerprint density at radius 2 is 2.06 bits per heavy atom. The lowest BCUT2D eigenvalue weighted by Gasteiger charge is -2.26. The van der Waals surface area contributed by atoms with Crippen molar-refractivity contribution < 1.29 is 9.47 Å². The summed E-state index contributed by atoms with van der Waals surface area (Å²) in [5.41, 5.74) is 6.77. The Bertz CT molecular complexity index is 349. The molecule has 1 fully saturated rings. The summed E-state index contributed by atoms with van der Waals surface area (Å²) in [6, 6.07) is 6.09. The van der Waals surface area contributed by atoms with Crippen molar-refractivity contribution in [2.24, 2.45) is 5.73 Å². The molecule has 0 saturated heterocycles. The second kappa shape index (κ2) is 5.98. The molecule has 0 bridgehead atoms. The Morgan fingerprint density at radius 1 is 1.29 bits per heavy atom. The van der Waals surface area contributed by atoms with Gasteiger partial charge < -0.3 is 15.2 Å². The van der Waals surface area contributed by atoms with Crippen LogP contribution in [0.25, 0.3) is 0 Å². The fourth-order valence-electron chi connectivity index (χ4n) is 2.11. The summed E-state index contributed by atoms with van der Waals surface area (Å²) in [7, 11) is 1.62. The Kier molecular flexibility index (Phi) is 4.34. The maximum Gasteiger partial charge on any atom is 0.213 e. The van der Waals surface area contributed by atoms with E-state index in [0.717, 1.165) is 31.4 Å². The van der Waals surface area contributed by atoms with Gasteiger partial charge in [0.25, 0.3) is 0 Å². The summed E-state index contributed by atoms with van der Waals surface area (Å²) >= 11 is 0. The zero-order valence-electron chi connectivity index (χ0n) is 10.3. The summed E-state index contributed by atoms with van der Waals surface area (Å²) in [5, 5.41) is 0. The highest BCUT2D eigenvalue weighted by Gasteiger charge is 2.18. The number of pyridine rings is 1. The maximum atomic E-state index is 5.86. The molecule has 2 rings (SSSR count). The zero-order chi connectivity index (χ0) is 12.1. The fourth-order valence-corrected chi connectivity index (χ4v) is 2.11. The molecule has 0 aliphatic heterocycles. The van der Waals surface area contributed by atoms with E-state index in [4.69, 9.17) is 15.2 Å². The Labute approximate surface area is 102 Å². The molecule has 1 saturated carbocycles. The van der Waals surface area contributed by atoms with Gasteiger partial charge in [-0.15, -0.1) is 0 Å². The molecular weight excluding hydrogens is 216 g/mol. The van der Waals surface area contributed by atoms with Gasteiger partial charge >= 0.3 is 0 Å². The third kappa shape index (κ3) is 3.68. The summed E-state index contributed by atoms with van der Waals surface area (Å²) in [5.74, 6) is 0.636. The normalized spacial score (nSPS) is 24.6. The average molecular weight is 236 g/mol. The minimum Gasteiger partial charge on any atom is -0.481 e. The van der Waals surface area contributed by atoms with E-state index in [-0.39, 0.29) is 0 Å². The van der Waals surface area contributed by atoms with Gasteiger partial charge in [-0.25, -0.2) is 4.98 Å². The monoisotopic (exact) mass is 236 g/mol. The number of hydrogen-bond donors (Lipinski definition) is 1. The van der Waals surface area contributed by atoms with Gasteiger partial charge in [-0.2, -0.15) is 0 Å². The third-order valence-electron chi connectivity index (χ3n) is 3.18. The van der Waals surface area contributed by atoms with E-state index in [0.29, 0.717) is 24.6 Å². The predicted molar refractivity (Wildman–Crippen MR) is 65.8 cm³/mol. The summed E-state index contributed by atoms with van der Waals surface area (Å²) in [4.78, 5) is 4.32. The first-order valence-electron chi connectivity index (χ1n) is 6.15. The number of nitrogens with zero attached hydrogens (tertiary/aromatic N) is 1. The number of hydrogen-bond acceptors (Lipinski definition) is 4. The Hall–Kier alpha value is -1.13. The van der Waals surface area contributed by atoms with Crippen molar-refractivity contribution in [1.82, 2.24) is 4.98 Å². The van der Waals surface area contributed by atoms with Crippen LogP contribution in [0, 0.1) is 0 Å². The number of nitrogens with two attached hydrogens (primary N) is 1. The Balaban J connectivity index is 1.81. The second-order valence-corrected chi connectivity index (χ2v) is 4.52. The minimum atomic E-state index is 0.336.